The summed E-state index contributed by atoms with van der Waals surface area (Å²) in [5.41, 5.74) is -0.449. The lowest BCUT2D eigenvalue weighted by atomic mass is 10.2. The number of hydrogen-bond donors (Lipinski definition) is 2. The second-order valence-electron chi connectivity index (χ2n) is 6.45. The molecule has 2 aromatic carbocycles. The second kappa shape index (κ2) is 10.0. The van der Waals surface area contributed by atoms with Crippen LogP contribution in [0.4, 0.5) is 25.0 Å². The minimum atomic E-state index is -1.25. The Morgan fingerprint density at radius 1 is 1.12 bits per heavy atom. The van der Waals surface area contributed by atoms with Crippen molar-refractivity contribution in [3.63, 3.8) is 0 Å². The van der Waals surface area contributed by atoms with E-state index in [4.69, 9.17) is 4.74 Å². The topological polar surface area (TPSA) is 123 Å². The smallest absolute Gasteiger partial charge is 0.326 e. The Morgan fingerprint density at radius 3 is 2.27 bits per heavy atom. The Bertz CT molecular complexity index is 1250. The summed E-state index contributed by atoms with van der Waals surface area (Å²) in [4.78, 5) is 38.4. The SMILES string of the molecule is Cc1cc([N+](=O)[O-])cnc1Oc1c(Br)cc(NC(=O)NC(=O)c2c(F)cccc2F)cc1Br. The molecule has 0 saturated carbocycles. The average molecular weight is 586 g/mol. The lowest BCUT2D eigenvalue weighted by Crippen LogP contribution is -2.35. The normalized spacial score (nSPS) is 10.5. The number of rotatable bonds is 5. The van der Waals surface area contributed by atoms with Crippen LogP contribution >= 0.6 is 31.9 Å². The van der Waals surface area contributed by atoms with Crippen molar-refractivity contribution in [1.82, 2.24) is 10.3 Å². The van der Waals surface area contributed by atoms with E-state index < -0.39 is 34.1 Å². The third-order valence-corrected chi connectivity index (χ3v) is 5.28. The predicted molar refractivity (Wildman–Crippen MR) is 120 cm³/mol. The first-order chi connectivity index (χ1) is 15.6. The number of ether oxygens (including phenoxy) is 1. The van der Waals surface area contributed by atoms with E-state index in [1.807, 2.05) is 5.32 Å². The molecule has 0 saturated heterocycles. The number of imide groups is 1. The van der Waals surface area contributed by atoms with Gasteiger partial charge in [0.15, 0.2) is 5.75 Å². The molecule has 0 aliphatic rings. The highest BCUT2D eigenvalue weighted by molar-refractivity contribution is 9.11. The molecule has 0 unspecified atom stereocenters. The molecule has 13 heteroatoms. The summed E-state index contributed by atoms with van der Waals surface area (Å²) in [5, 5.41) is 15.1. The highest BCUT2D eigenvalue weighted by atomic mass is 79.9. The van der Waals surface area contributed by atoms with Crippen molar-refractivity contribution in [3.8, 4) is 11.6 Å². The van der Waals surface area contributed by atoms with E-state index in [0.29, 0.717) is 14.5 Å². The monoisotopic (exact) mass is 584 g/mol. The standard InChI is InChI=1S/C20H12Br2F2N4O5/c1-9-5-11(28(31)32)8-25-19(9)33-17-12(21)6-10(7-13(17)22)26-20(30)27-18(29)16-14(23)3-2-4-15(16)24/h2-8H,1H3,(H2,26,27,29,30). The maximum Gasteiger partial charge on any atom is 0.326 e. The van der Waals surface area contributed by atoms with Crippen molar-refractivity contribution in [2.24, 2.45) is 0 Å². The Balaban J connectivity index is 1.74. The summed E-state index contributed by atoms with van der Waals surface area (Å²) in [5.74, 6) is -3.08. The van der Waals surface area contributed by atoms with Crippen molar-refractivity contribution in [2.45, 2.75) is 6.92 Å². The lowest BCUT2D eigenvalue weighted by molar-refractivity contribution is -0.385. The number of hydrogen-bond acceptors (Lipinski definition) is 6. The number of amides is 3. The Morgan fingerprint density at radius 2 is 1.73 bits per heavy atom. The molecule has 170 valence electrons. The van der Waals surface area contributed by atoms with Crippen molar-refractivity contribution < 1.29 is 28.0 Å². The molecule has 2 N–H and O–H groups in total. The van der Waals surface area contributed by atoms with Crippen LogP contribution in [0, 0.1) is 28.7 Å². The first-order valence-electron chi connectivity index (χ1n) is 8.91. The molecule has 0 spiro atoms. The summed E-state index contributed by atoms with van der Waals surface area (Å²) in [6.45, 7) is 1.59. The summed E-state index contributed by atoms with van der Waals surface area (Å²) < 4.78 is 33.8. The summed E-state index contributed by atoms with van der Waals surface area (Å²) in [7, 11) is 0. The number of aryl methyl sites for hydroxylation is 1. The van der Waals surface area contributed by atoms with Crippen LogP contribution in [0.25, 0.3) is 0 Å². The van der Waals surface area contributed by atoms with E-state index >= 15 is 0 Å². The van der Waals surface area contributed by atoms with E-state index in [1.165, 1.54) is 18.2 Å². The van der Waals surface area contributed by atoms with Gasteiger partial charge >= 0.3 is 6.03 Å². The maximum absolute atomic E-state index is 13.7. The number of halogens is 4. The molecule has 1 aromatic heterocycles. The summed E-state index contributed by atoms with van der Waals surface area (Å²) >= 11 is 6.57. The van der Waals surface area contributed by atoms with E-state index in [0.717, 1.165) is 24.4 Å². The minimum absolute atomic E-state index is 0.123. The quantitative estimate of drug-likeness (QED) is 0.286. The average Bonchev–Trinajstić information content (AvgIpc) is 2.71. The van der Waals surface area contributed by atoms with Gasteiger partial charge in [0.1, 0.15) is 23.4 Å². The molecule has 0 aliphatic carbocycles. The van der Waals surface area contributed by atoms with Crippen LogP contribution in [0.2, 0.25) is 0 Å². The van der Waals surface area contributed by atoms with E-state index in [1.54, 1.807) is 6.92 Å². The number of nitrogens with zero attached hydrogens (tertiary/aromatic N) is 2. The molecule has 33 heavy (non-hydrogen) atoms. The zero-order valence-electron chi connectivity index (χ0n) is 16.5. The number of carbonyl (C=O) groups is 2. The molecule has 0 atom stereocenters. The molecular weight excluding hydrogens is 574 g/mol. The predicted octanol–water partition coefficient (Wildman–Crippen LogP) is 5.86. The van der Waals surface area contributed by atoms with Gasteiger partial charge in [-0.3, -0.25) is 20.2 Å². The molecule has 0 aliphatic heterocycles. The van der Waals surface area contributed by atoms with Crippen LogP contribution in [0.1, 0.15) is 15.9 Å². The fraction of sp³-hybridized carbons (Fsp3) is 0.0500. The number of nitrogens with one attached hydrogen (secondary N) is 2. The largest absolute Gasteiger partial charge is 0.436 e. The Hall–Kier alpha value is -3.45. The van der Waals surface area contributed by atoms with Crippen molar-refractivity contribution >= 4 is 55.2 Å². The molecule has 3 aromatic rings. The van der Waals surface area contributed by atoms with Gasteiger partial charge in [0.2, 0.25) is 5.88 Å². The summed E-state index contributed by atoms with van der Waals surface area (Å²) in [6.07, 6.45) is 1.06. The third-order valence-electron chi connectivity index (χ3n) is 4.10. The van der Waals surface area contributed by atoms with Gasteiger partial charge in [-0.15, -0.1) is 0 Å². The van der Waals surface area contributed by atoms with E-state index in [-0.39, 0.29) is 23.0 Å². The fourth-order valence-electron chi connectivity index (χ4n) is 2.62. The van der Waals surface area contributed by atoms with Crippen LogP contribution in [0.5, 0.6) is 11.6 Å². The third kappa shape index (κ3) is 5.68. The number of carbonyl (C=O) groups excluding carboxylic acids is 2. The zero-order valence-corrected chi connectivity index (χ0v) is 19.7. The Kier molecular flexibility index (Phi) is 7.33. The highest BCUT2D eigenvalue weighted by Crippen LogP contribution is 2.39. The number of anilines is 1. The minimum Gasteiger partial charge on any atom is -0.436 e. The molecule has 3 rings (SSSR count). The van der Waals surface area contributed by atoms with Crippen molar-refractivity contribution in [1.29, 1.82) is 0 Å². The second-order valence-corrected chi connectivity index (χ2v) is 8.16. The number of benzene rings is 2. The molecule has 9 nitrogen and oxygen atoms in total. The van der Waals surface area contributed by atoms with Gasteiger partial charge in [0.25, 0.3) is 11.6 Å². The zero-order chi connectivity index (χ0) is 24.3. The number of aromatic nitrogens is 1. The van der Waals surface area contributed by atoms with Gasteiger partial charge in [-0.05, 0) is 63.0 Å². The Labute approximate surface area is 201 Å². The molecule has 0 bridgehead atoms. The van der Waals surface area contributed by atoms with Gasteiger partial charge in [0.05, 0.1) is 13.9 Å². The van der Waals surface area contributed by atoms with Gasteiger partial charge < -0.3 is 10.1 Å². The first-order valence-corrected chi connectivity index (χ1v) is 10.5. The molecule has 0 fully saturated rings. The van der Waals surface area contributed by atoms with Crippen molar-refractivity contribution in [3.05, 3.63) is 84.4 Å². The van der Waals surface area contributed by atoms with E-state index in [9.17, 15) is 28.5 Å². The van der Waals surface area contributed by atoms with E-state index in [2.05, 4.69) is 42.2 Å². The van der Waals surface area contributed by atoms with Crippen LogP contribution in [-0.4, -0.2) is 21.8 Å². The van der Waals surface area contributed by atoms with Crippen LogP contribution in [0.15, 0.2) is 51.5 Å². The molecule has 0 radical (unpaired) electrons. The molecule has 1 heterocycles. The van der Waals surface area contributed by atoms with Gasteiger partial charge in [-0.2, -0.15) is 0 Å². The lowest BCUT2D eigenvalue weighted by Gasteiger charge is -2.13. The van der Waals surface area contributed by atoms with Crippen LogP contribution < -0.4 is 15.4 Å². The fourth-order valence-corrected chi connectivity index (χ4v) is 3.97. The van der Waals surface area contributed by atoms with Crippen molar-refractivity contribution in [2.75, 3.05) is 5.32 Å². The van der Waals surface area contributed by atoms with Crippen LogP contribution in [0.3, 0.4) is 0 Å². The molecule has 3 amide bonds. The molecular formula is C20H12Br2F2N4O5. The van der Waals surface area contributed by atoms with Crippen LogP contribution in [-0.2, 0) is 0 Å². The summed E-state index contributed by atoms with van der Waals surface area (Å²) in [6, 6.07) is 6.04. The number of nitro groups is 1. The highest BCUT2D eigenvalue weighted by Gasteiger charge is 2.20. The number of pyridine rings is 1. The van der Waals surface area contributed by atoms with Gasteiger partial charge in [0, 0.05) is 17.3 Å². The van der Waals surface area contributed by atoms with Gasteiger partial charge in [-0.1, -0.05) is 6.07 Å². The maximum atomic E-state index is 13.7. The first kappa shape index (κ1) is 24.2. The van der Waals surface area contributed by atoms with Gasteiger partial charge in [-0.25, -0.2) is 18.6 Å². The number of urea groups is 1.